The molecule has 2 heterocycles. The fraction of sp³-hybridized carbons (Fsp3) is 0.600. The first kappa shape index (κ1) is 9.40. The van der Waals surface area contributed by atoms with Crippen molar-refractivity contribution >= 4 is 6.29 Å². The summed E-state index contributed by atoms with van der Waals surface area (Å²) in [4.78, 5) is 13.1. The number of hydrogen-bond acceptors (Lipinski definition) is 3. The van der Waals surface area contributed by atoms with Crippen molar-refractivity contribution < 1.29 is 4.79 Å². The van der Waals surface area contributed by atoms with Crippen LogP contribution in [0.3, 0.4) is 0 Å². The van der Waals surface area contributed by atoms with Gasteiger partial charge < -0.3 is 0 Å². The zero-order chi connectivity index (χ0) is 10.3. The molecule has 0 fully saturated rings. The Hall–Kier alpha value is -1.16. The van der Waals surface area contributed by atoms with Gasteiger partial charge in [0, 0.05) is 24.7 Å². The molecule has 0 bridgehead atoms. The minimum absolute atomic E-state index is 0.256. The van der Waals surface area contributed by atoms with Crippen LogP contribution in [0.15, 0.2) is 0 Å². The van der Waals surface area contributed by atoms with Gasteiger partial charge in [-0.1, -0.05) is 0 Å². The first-order valence-electron chi connectivity index (χ1n) is 4.87. The summed E-state index contributed by atoms with van der Waals surface area (Å²) in [6.07, 6.45) is 0.922. The maximum atomic E-state index is 11.0. The van der Waals surface area contributed by atoms with Gasteiger partial charge in [0.2, 0.25) is 0 Å². The Morgan fingerprint density at radius 2 is 2.14 bits per heavy atom. The highest BCUT2D eigenvalue weighted by molar-refractivity contribution is 5.75. The second-order valence-corrected chi connectivity index (χ2v) is 4.14. The summed E-state index contributed by atoms with van der Waals surface area (Å²) >= 11 is 0. The Morgan fingerprint density at radius 1 is 1.43 bits per heavy atom. The van der Waals surface area contributed by atoms with Crippen LogP contribution in [0.1, 0.15) is 41.6 Å². The van der Waals surface area contributed by atoms with Gasteiger partial charge in [-0.2, -0.15) is 5.10 Å². The molecule has 0 radical (unpaired) electrons. The zero-order valence-corrected chi connectivity index (χ0v) is 8.82. The van der Waals surface area contributed by atoms with E-state index in [0.29, 0.717) is 0 Å². The molecular formula is C10H15N3O. The molecule has 2 rings (SSSR count). The van der Waals surface area contributed by atoms with Crippen LogP contribution in [0.25, 0.3) is 0 Å². The fourth-order valence-corrected chi connectivity index (χ4v) is 1.93. The van der Waals surface area contributed by atoms with Crippen molar-refractivity contribution in [2.24, 2.45) is 0 Å². The van der Waals surface area contributed by atoms with Crippen LogP contribution >= 0.6 is 0 Å². The van der Waals surface area contributed by atoms with E-state index in [0.717, 1.165) is 36.3 Å². The highest BCUT2D eigenvalue weighted by Crippen LogP contribution is 2.24. The maximum Gasteiger partial charge on any atom is 0.168 e. The van der Waals surface area contributed by atoms with Crippen molar-refractivity contribution in [2.45, 2.75) is 33.0 Å². The molecule has 0 N–H and O–H groups in total. The van der Waals surface area contributed by atoms with Gasteiger partial charge in [0.05, 0.1) is 5.69 Å². The third-order valence-corrected chi connectivity index (χ3v) is 2.58. The average molecular weight is 193 g/mol. The van der Waals surface area contributed by atoms with Crippen molar-refractivity contribution in [3.05, 3.63) is 17.0 Å². The van der Waals surface area contributed by atoms with E-state index >= 15 is 0 Å². The number of rotatable bonds is 2. The summed E-state index contributed by atoms with van der Waals surface area (Å²) in [5, 5.41) is 4.46. The van der Waals surface area contributed by atoms with Crippen molar-refractivity contribution in [1.82, 2.24) is 14.7 Å². The summed E-state index contributed by atoms with van der Waals surface area (Å²) in [7, 11) is 2.04. The highest BCUT2D eigenvalue weighted by Gasteiger charge is 2.25. The smallest absolute Gasteiger partial charge is 0.168 e. The molecule has 0 aliphatic carbocycles. The fourth-order valence-electron chi connectivity index (χ4n) is 1.93. The molecule has 0 amide bonds. The largest absolute Gasteiger partial charge is 0.296 e. The van der Waals surface area contributed by atoms with Crippen molar-refractivity contribution in [2.75, 3.05) is 7.05 Å². The zero-order valence-electron chi connectivity index (χ0n) is 8.82. The summed E-state index contributed by atoms with van der Waals surface area (Å²) < 4.78 is 1.82. The lowest BCUT2D eigenvalue weighted by atomic mass is 10.2. The minimum Gasteiger partial charge on any atom is -0.296 e. The molecule has 0 spiro atoms. The van der Waals surface area contributed by atoms with E-state index < -0.39 is 0 Å². The lowest BCUT2D eigenvalue weighted by Gasteiger charge is -2.10. The van der Waals surface area contributed by atoms with Gasteiger partial charge in [-0.15, -0.1) is 0 Å². The molecule has 4 heteroatoms. The monoisotopic (exact) mass is 193 g/mol. The number of aldehydes is 1. The normalized spacial score (nSPS) is 16.3. The predicted molar refractivity (Wildman–Crippen MR) is 53.2 cm³/mol. The molecule has 14 heavy (non-hydrogen) atoms. The SMILES string of the molecule is CC(C)n1nc2c(c1C=O)CN(C)C2. The van der Waals surface area contributed by atoms with Crippen LogP contribution < -0.4 is 0 Å². The molecule has 1 aliphatic rings. The Balaban J connectivity index is 2.48. The lowest BCUT2D eigenvalue weighted by molar-refractivity contribution is 0.111. The molecule has 0 saturated heterocycles. The predicted octanol–water partition coefficient (Wildman–Crippen LogP) is 1.22. The number of fused-ring (bicyclic) bond motifs is 1. The van der Waals surface area contributed by atoms with Crippen molar-refractivity contribution in [3.8, 4) is 0 Å². The Labute approximate surface area is 83.5 Å². The summed E-state index contributed by atoms with van der Waals surface area (Å²) in [5.41, 5.74) is 2.92. The number of aromatic nitrogens is 2. The topological polar surface area (TPSA) is 38.1 Å². The van der Waals surface area contributed by atoms with Crippen LogP contribution in [0, 0.1) is 0 Å². The van der Waals surface area contributed by atoms with Crippen molar-refractivity contribution in [3.63, 3.8) is 0 Å². The van der Waals surface area contributed by atoms with E-state index in [1.54, 1.807) is 0 Å². The first-order valence-corrected chi connectivity index (χ1v) is 4.87. The molecule has 0 aromatic carbocycles. The summed E-state index contributed by atoms with van der Waals surface area (Å²) in [6, 6.07) is 0.256. The third-order valence-electron chi connectivity index (χ3n) is 2.58. The quantitative estimate of drug-likeness (QED) is 0.663. The van der Waals surface area contributed by atoms with E-state index in [-0.39, 0.29) is 6.04 Å². The van der Waals surface area contributed by atoms with Gasteiger partial charge in [-0.25, -0.2) is 0 Å². The van der Waals surface area contributed by atoms with Gasteiger partial charge in [0.15, 0.2) is 6.29 Å². The minimum atomic E-state index is 0.256. The van der Waals surface area contributed by atoms with Crippen LogP contribution in [0.5, 0.6) is 0 Å². The van der Waals surface area contributed by atoms with Gasteiger partial charge >= 0.3 is 0 Å². The van der Waals surface area contributed by atoms with E-state index in [1.165, 1.54) is 0 Å². The highest BCUT2D eigenvalue weighted by atomic mass is 16.1. The number of carbonyl (C=O) groups excluding carboxylic acids is 1. The van der Waals surface area contributed by atoms with Gasteiger partial charge in [-0.3, -0.25) is 14.4 Å². The molecule has 1 aliphatic heterocycles. The van der Waals surface area contributed by atoms with E-state index in [4.69, 9.17) is 0 Å². The third kappa shape index (κ3) is 1.26. The Bertz CT molecular complexity index is 368. The molecule has 0 atom stereocenters. The summed E-state index contributed by atoms with van der Waals surface area (Å²) in [6.45, 7) is 5.78. The first-order chi connectivity index (χ1) is 6.63. The second-order valence-electron chi connectivity index (χ2n) is 4.14. The lowest BCUT2D eigenvalue weighted by Crippen LogP contribution is -2.14. The van der Waals surface area contributed by atoms with E-state index in [2.05, 4.69) is 10.00 Å². The molecule has 0 unspecified atom stereocenters. The van der Waals surface area contributed by atoms with E-state index in [9.17, 15) is 4.79 Å². The molecule has 1 aromatic rings. The van der Waals surface area contributed by atoms with E-state index in [1.807, 2.05) is 25.6 Å². The number of carbonyl (C=O) groups is 1. The molecule has 76 valence electrons. The molecular weight excluding hydrogens is 178 g/mol. The second kappa shape index (κ2) is 3.20. The van der Waals surface area contributed by atoms with Crippen LogP contribution in [-0.2, 0) is 13.1 Å². The number of nitrogens with zero attached hydrogens (tertiary/aromatic N) is 3. The maximum absolute atomic E-state index is 11.0. The van der Waals surface area contributed by atoms with Crippen LogP contribution in [0.4, 0.5) is 0 Å². The van der Waals surface area contributed by atoms with Gasteiger partial charge in [-0.05, 0) is 20.9 Å². The molecule has 0 saturated carbocycles. The van der Waals surface area contributed by atoms with Gasteiger partial charge in [0.1, 0.15) is 5.69 Å². The van der Waals surface area contributed by atoms with Crippen LogP contribution in [0.2, 0.25) is 0 Å². The van der Waals surface area contributed by atoms with Crippen molar-refractivity contribution in [1.29, 1.82) is 0 Å². The number of hydrogen-bond donors (Lipinski definition) is 0. The van der Waals surface area contributed by atoms with Gasteiger partial charge in [0.25, 0.3) is 0 Å². The Morgan fingerprint density at radius 3 is 2.71 bits per heavy atom. The standard InChI is InChI=1S/C10H15N3O/c1-7(2)13-10(6-14)8-4-12(3)5-9(8)11-13/h6-7H,4-5H2,1-3H3. The average Bonchev–Trinajstić information content (AvgIpc) is 2.59. The Kier molecular flexibility index (Phi) is 2.15. The summed E-state index contributed by atoms with van der Waals surface area (Å²) in [5.74, 6) is 0. The van der Waals surface area contributed by atoms with Crippen LogP contribution in [-0.4, -0.2) is 28.0 Å². The molecule has 1 aromatic heterocycles. The molecule has 4 nitrogen and oxygen atoms in total.